The van der Waals surface area contributed by atoms with Crippen LogP contribution in [0.25, 0.3) is 0 Å². The zero-order chi connectivity index (χ0) is 14.3. The molecule has 1 N–H and O–H groups in total. The van der Waals surface area contributed by atoms with Crippen molar-refractivity contribution >= 4 is 17.5 Å². The monoisotopic (exact) mass is 291 g/mol. The van der Waals surface area contributed by atoms with Gasteiger partial charge < -0.3 is 5.32 Å². The number of hydrogen-bond donors (Lipinski definition) is 1. The predicted octanol–water partition coefficient (Wildman–Crippen LogP) is 4.20. The van der Waals surface area contributed by atoms with Crippen molar-refractivity contribution in [3.05, 3.63) is 34.9 Å². The molecule has 3 unspecified atom stereocenters. The molecule has 3 rings (SSSR count). The molecule has 2 nitrogen and oxygen atoms in total. The first-order chi connectivity index (χ1) is 9.54. The van der Waals surface area contributed by atoms with Gasteiger partial charge in [0, 0.05) is 10.9 Å². The molecule has 1 aromatic carbocycles. The fourth-order valence-corrected chi connectivity index (χ4v) is 3.63. The van der Waals surface area contributed by atoms with Crippen LogP contribution in [-0.2, 0) is 4.79 Å². The molecule has 0 heterocycles. The first-order valence-electron chi connectivity index (χ1n) is 7.60. The highest BCUT2D eigenvalue weighted by molar-refractivity contribution is 6.30. The third-order valence-corrected chi connectivity index (χ3v) is 5.06. The lowest BCUT2D eigenvalue weighted by atomic mass is 9.94. The molecule has 0 bridgehead atoms. The van der Waals surface area contributed by atoms with Crippen LogP contribution in [0.4, 0.5) is 0 Å². The average molecular weight is 292 g/mol. The molecule has 0 aliphatic heterocycles. The molecule has 20 heavy (non-hydrogen) atoms. The van der Waals surface area contributed by atoms with Gasteiger partial charge in [-0.1, -0.05) is 37.6 Å². The van der Waals surface area contributed by atoms with Gasteiger partial charge in [-0.05, 0) is 54.7 Å². The number of carbonyl (C=O) groups is 1. The molecule has 0 aromatic heterocycles. The Morgan fingerprint density at radius 3 is 2.30 bits per heavy atom. The quantitative estimate of drug-likeness (QED) is 0.885. The maximum atomic E-state index is 12.4. The minimum atomic E-state index is 0.0803. The Labute approximate surface area is 125 Å². The Kier molecular flexibility index (Phi) is 3.76. The summed E-state index contributed by atoms with van der Waals surface area (Å²) >= 11 is 5.94. The molecule has 2 saturated carbocycles. The van der Waals surface area contributed by atoms with Crippen LogP contribution in [0.2, 0.25) is 5.02 Å². The lowest BCUT2D eigenvalue weighted by Crippen LogP contribution is -2.35. The Morgan fingerprint density at radius 1 is 1.15 bits per heavy atom. The molecule has 0 radical (unpaired) electrons. The highest BCUT2D eigenvalue weighted by Gasteiger charge is 2.48. The molecular weight excluding hydrogens is 270 g/mol. The van der Waals surface area contributed by atoms with Gasteiger partial charge in [0.05, 0.1) is 6.04 Å². The smallest absolute Gasteiger partial charge is 0.223 e. The second kappa shape index (κ2) is 5.40. The van der Waals surface area contributed by atoms with E-state index in [-0.39, 0.29) is 17.9 Å². The van der Waals surface area contributed by atoms with Crippen molar-refractivity contribution < 1.29 is 4.79 Å². The van der Waals surface area contributed by atoms with Gasteiger partial charge in [0.25, 0.3) is 0 Å². The zero-order valence-corrected chi connectivity index (χ0v) is 12.9. The SMILES string of the molecule is CC(C)C(NC(=O)C1CC2CC2C1)c1ccc(Cl)cc1. The van der Waals surface area contributed by atoms with Gasteiger partial charge in [0.15, 0.2) is 0 Å². The van der Waals surface area contributed by atoms with Crippen molar-refractivity contribution in [2.24, 2.45) is 23.7 Å². The van der Waals surface area contributed by atoms with E-state index >= 15 is 0 Å². The van der Waals surface area contributed by atoms with Gasteiger partial charge in [0.2, 0.25) is 5.91 Å². The van der Waals surface area contributed by atoms with E-state index in [1.807, 2.05) is 24.3 Å². The molecule has 1 aromatic rings. The molecular formula is C17H22ClNO. The van der Waals surface area contributed by atoms with Gasteiger partial charge in [-0.2, -0.15) is 0 Å². The summed E-state index contributed by atoms with van der Waals surface area (Å²) in [5.74, 6) is 2.55. The molecule has 0 saturated heterocycles. The van der Waals surface area contributed by atoms with Gasteiger partial charge in [0.1, 0.15) is 0 Å². The Balaban J connectivity index is 1.67. The zero-order valence-electron chi connectivity index (χ0n) is 12.1. The highest BCUT2D eigenvalue weighted by Crippen LogP contribution is 2.54. The van der Waals surface area contributed by atoms with Gasteiger partial charge in [-0.15, -0.1) is 0 Å². The van der Waals surface area contributed by atoms with E-state index in [1.54, 1.807) is 0 Å². The van der Waals surface area contributed by atoms with E-state index in [2.05, 4.69) is 19.2 Å². The number of halogens is 1. The second-order valence-electron chi connectivity index (χ2n) is 6.71. The van der Waals surface area contributed by atoms with Gasteiger partial charge in [-0.3, -0.25) is 4.79 Å². The summed E-state index contributed by atoms with van der Waals surface area (Å²) in [7, 11) is 0. The molecule has 2 fully saturated rings. The van der Waals surface area contributed by atoms with E-state index in [9.17, 15) is 4.79 Å². The summed E-state index contributed by atoms with van der Waals surface area (Å²) in [5.41, 5.74) is 1.14. The van der Waals surface area contributed by atoms with Crippen molar-refractivity contribution in [3.63, 3.8) is 0 Å². The summed E-state index contributed by atoms with van der Waals surface area (Å²) in [6.07, 6.45) is 3.55. The Bertz CT molecular complexity index is 486. The molecule has 3 heteroatoms. The van der Waals surface area contributed by atoms with E-state index in [4.69, 9.17) is 11.6 Å². The maximum absolute atomic E-state index is 12.4. The highest BCUT2D eigenvalue weighted by atomic mass is 35.5. The molecule has 0 spiro atoms. The van der Waals surface area contributed by atoms with Crippen molar-refractivity contribution in [3.8, 4) is 0 Å². The normalized spacial score (nSPS) is 29.1. The van der Waals surface area contributed by atoms with Gasteiger partial charge >= 0.3 is 0 Å². The lowest BCUT2D eigenvalue weighted by molar-refractivity contribution is -0.126. The van der Waals surface area contributed by atoms with E-state index in [1.165, 1.54) is 6.42 Å². The number of hydrogen-bond acceptors (Lipinski definition) is 1. The third-order valence-electron chi connectivity index (χ3n) is 4.81. The first kappa shape index (κ1) is 13.9. The van der Waals surface area contributed by atoms with Crippen molar-refractivity contribution in [1.29, 1.82) is 0 Å². The number of nitrogens with one attached hydrogen (secondary N) is 1. The third kappa shape index (κ3) is 2.85. The van der Waals surface area contributed by atoms with Crippen LogP contribution in [0.5, 0.6) is 0 Å². The molecule has 2 aliphatic rings. The average Bonchev–Trinajstić information content (AvgIpc) is 3.03. The van der Waals surface area contributed by atoms with Crippen molar-refractivity contribution in [2.45, 2.75) is 39.2 Å². The summed E-state index contributed by atoms with van der Waals surface area (Å²) < 4.78 is 0. The maximum Gasteiger partial charge on any atom is 0.223 e. The van der Waals surface area contributed by atoms with Gasteiger partial charge in [-0.25, -0.2) is 0 Å². The van der Waals surface area contributed by atoms with Crippen molar-refractivity contribution in [1.82, 2.24) is 5.32 Å². The first-order valence-corrected chi connectivity index (χ1v) is 7.98. The van der Waals surface area contributed by atoms with E-state index in [0.717, 1.165) is 35.3 Å². The van der Waals surface area contributed by atoms with Crippen LogP contribution < -0.4 is 5.32 Å². The topological polar surface area (TPSA) is 29.1 Å². The Hall–Kier alpha value is -1.02. The van der Waals surface area contributed by atoms with Crippen LogP contribution in [-0.4, -0.2) is 5.91 Å². The summed E-state index contributed by atoms with van der Waals surface area (Å²) in [6, 6.07) is 7.89. The molecule has 1 amide bonds. The van der Waals surface area contributed by atoms with Crippen LogP contribution in [0, 0.1) is 23.7 Å². The fraction of sp³-hybridized carbons (Fsp3) is 0.588. The number of benzene rings is 1. The minimum absolute atomic E-state index is 0.0803. The molecule has 108 valence electrons. The van der Waals surface area contributed by atoms with Crippen LogP contribution in [0.3, 0.4) is 0 Å². The summed E-state index contributed by atoms with van der Waals surface area (Å²) in [5, 5.41) is 3.99. The summed E-state index contributed by atoms with van der Waals surface area (Å²) in [4.78, 5) is 12.4. The molecule has 2 aliphatic carbocycles. The molecule has 3 atom stereocenters. The number of carbonyl (C=O) groups excluding carboxylic acids is 1. The van der Waals surface area contributed by atoms with E-state index < -0.39 is 0 Å². The second-order valence-corrected chi connectivity index (χ2v) is 7.14. The fourth-order valence-electron chi connectivity index (χ4n) is 3.50. The predicted molar refractivity (Wildman–Crippen MR) is 81.5 cm³/mol. The minimum Gasteiger partial charge on any atom is -0.349 e. The van der Waals surface area contributed by atoms with Crippen LogP contribution >= 0.6 is 11.6 Å². The lowest BCUT2D eigenvalue weighted by Gasteiger charge is -2.25. The summed E-state index contributed by atoms with van der Waals surface area (Å²) in [6.45, 7) is 4.29. The van der Waals surface area contributed by atoms with E-state index in [0.29, 0.717) is 5.92 Å². The number of amides is 1. The standard InChI is InChI=1S/C17H22ClNO/c1-10(2)16(11-3-5-15(18)6-4-11)19-17(20)14-8-12-7-13(12)9-14/h3-6,10,12-14,16H,7-9H2,1-2H3,(H,19,20). The Morgan fingerprint density at radius 2 is 1.75 bits per heavy atom. The van der Waals surface area contributed by atoms with Crippen LogP contribution in [0.1, 0.15) is 44.7 Å². The number of fused-ring (bicyclic) bond motifs is 1. The van der Waals surface area contributed by atoms with Crippen molar-refractivity contribution in [2.75, 3.05) is 0 Å². The number of rotatable bonds is 4. The largest absolute Gasteiger partial charge is 0.349 e. The van der Waals surface area contributed by atoms with Crippen LogP contribution in [0.15, 0.2) is 24.3 Å².